The maximum absolute atomic E-state index is 12.9. The number of hydrogen-bond donors (Lipinski definition) is 4. The van der Waals surface area contributed by atoms with Crippen molar-refractivity contribution in [1.29, 1.82) is 0 Å². The van der Waals surface area contributed by atoms with E-state index in [0.29, 0.717) is 11.1 Å². The third-order valence-electron chi connectivity index (χ3n) is 5.17. The highest BCUT2D eigenvalue weighted by atomic mass is 35.5. The van der Waals surface area contributed by atoms with E-state index < -0.39 is 17.8 Å². The molecule has 0 fully saturated rings. The van der Waals surface area contributed by atoms with Crippen LogP contribution >= 0.6 is 12.4 Å². The standard InChI is InChI=1S/C26H26N4O4.ClH/c1-26(2,3)20-11-8-18(9-12-20)24(32)30-22-14-19(25(33)34)10-13-21(22)29-23(31)17-6-4-16(5-7-17)15-28-27;/h4-15H,27H2,1-3H3,(H,29,31)(H,30,32)(H,33,34);1H. The predicted molar refractivity (Wildman–Crippen MR) is 140 cm³/mol. The molecule has 0 radical (unpaired) electrons. The second kappa shape index (κ2) is 11.3. The fraction of sp³-hybridized carbons (Fsp3) is 0.154. The Morgan fingerprint density at radius 1 is 0.800 bits per heavy atom. The van der Waals surface area contributed by atoms with E-state index in [0.717, 1.165) is 11.1 Å². The SMILES string of the molecule is CC(C)(C)c1ccc(C(=O)Nc2cc(C(=O)O)ccc2NC(=O)c2ccc(C=NN)cc2)cc1.Cl. The molecule has 0 aromatic heterocycles. The summed E-state index contributed by atoms with van der Waals surface area (Å²) in [5.74, 6) is 3.13. The topological polar surface area (TPSA) is 134 Å². The van der Waals surface area contributed by atoms with Gasteiger partial charge in [0.1, 0.15) is 0 Å². The fourth-order valence-corrected chi connectivity index (χ4v) is 3.21. The van der Waals surface area contributed by atoms with Crippen molar-refractivity contribution in [3.8, 4) is 0 Å². The lowest BCUT2D eigenvalue weighted by molar-refractivity contribution is 0.0696. The van der Waals surface area contributed by atoms with Crippen LogP contribution in [0.2, 0.25) is 0 Å². The van der Waals surface area contributed by atoms with E-state index in [9.17, 15) is 19.5 Å². The van der Waals surface area contributed by atoms with Gasteiger partial charge in [0, 0.05) is 11.1 Å². The molecular formula is C26H27ClN4O4. The lowest BCUT2D eigenvalue weighted by Crippen LogP contribution is -2.18. The van der Waals surface area contributed by atoms with Gasteiger partial charge < -0.3 is 21.6 Å². The van der Waals surface area contributed by atoms with E-state index in [1.165, 1.54) is 24.4 Å². The van der Waals surface area contributed by atoms with Crippen LogP contribution < -0.4 is 16.5 Å². The number of benzene rings is 3. The number of halogens is 1. The molecule has 0 aliphatic carbocycles. The van der Waals surface area contributed by atoms with E-state index in [2.05, 4.69) is 36.5 Å². The van der Waals surface area contributed by atoms with Gasteiger partial charge in [-0.1, -0.05) is 45.0 Å². The highest BCUT2D eigenvalue weighted by molar-refractivity contribution is 6.10. The van der Waals surface area contributed by atoms with Crippen molar-refractivity contribution in [3.63, 3.8) is 0 Å². The van der Waals surface area contributed by atoms with E-state index in [-0.39, 0.29) is 34.8 Å². The molecule has 182 valence electrons. The van der Waals surface area contributed by atoms with Gasteiger partial charge in [-0.2, -0.15) is 5.10 Å². The quantitative estimate of drug-likeness (QED) is 0.219. The van der Waals surface area contributed by atoms with Gasteiger partial charge in [-0.15, -0.1) is 12.4 Å². The molecule has 0 heterocycles. The summed E-state index contributed by atoms with van der Waals surface area (Å²) < 4.78 is 0. The molecule has 3 aromatic carbocycles. The molecule has 0 spiro atoms. The van der Waals surface area contributed by atoms with Gasteiger partial charge in [-0.05, 0) is 59.0 Å². The van der Waals surface area contributed by atoms with Crippen molar-refractivity contribution in [3.05, 3.63) is 94.5 Å². The number of aromatic carboxylic acids is 1. The normalized spacial score (nSPS) is 10.9. The minimum atomic E-state index is -1.15. The number of rotatable bonds is 6. The van der Waals surface area contributed by atoms with E-state index in [4.69, 9.17) is 5.84 Å². The number of hydrazone groups is 1. The lowest BCUT2D eigenvalue weighted by atomic mass is 9.87. The van der Waals surface area contributed by atoms with Crippen molar-refractivity contribution < 1.29 is 19.5 Å². The summed E-state index contributed by atoms with van der Waals surface area (Å²) in [5.41, 5.74) is 2.94. The van der Waals surface area contributed by atoms with Crippen LogP contribution in [0.3, 0.4) is 0 Å². The summed E-state index contributed by atoms with van der Waals surface area (Å²) in [6.45, 7) is 6.23. The first kappa shape index (κ1) is 27.1. The van der Waals surface area contributed by atoms with Gasteiger partial charge in [-0.3, -0.25) is 9.59 Å². The highest BCUT2D eigenvalue weighted by Crippen LogP contribution is 2.26. The number of nitrogens with two attached hydrogens (primary N) is 1. The Morgan fingerprint density at radius 3 is 1.77 bits per heavy atom. The molecule has 9 heteroatoms. The van der Waals surface area contributed by atoms with Gasteiger partial charge in [0.2, 0.25) is 0 Å². The molecule has 2 amide bonds. The molecule has 3 rings (SSSR count). The van der Waals surface area contributed by atoms with Gasteiger partial charge in [0.25, 0.3) is 11.8 Å². The number of nitrogens with zero attached hydrogens (tertiary/aromatic N) is 1. The Hall–Kier alpha value is -4.17. The summed E-state index contributed by atoms with van der Waals surface area (Å²) in [4.78, 5) is 37.1. The zero-order chi connectivity index (χ0) is 24.9. The molecule has 0 saturated heterocycles. The number of anilines is 2. The summed E-state index contributed by atoms with van der Waals surface area (Å²) in [7, 11) is 0. The Morgan fingerprint density at radius 2 is 1.29 bits per heavy atom. The van der Waals surface area contributed by atoms with Crippen LogP contribution in [-0.2, 0) is 5.41 Å². The van der Waals surface area contributed by atoms with Crippen LogP contribution in [0.25, 0.3) is 0 Å². The monoisotopic (exact) mass is 494 g/mol. The number of nitrogens with one attached hydrogen (secondary N) is 2. The van der Waals surface area contributed by atoms with E-state index >= 15 is 0 Å². The number of hydrogen-bond acceptors (Lipinski definition) is 5. The van der Waals surface area contributed by atoms with Crippen molar-refractivity contribution in [2.45, 2.75) is 26.2 Å². The van der Waals surface area contributed by atoms with Gasteiger partial charge in [0.15, 0.2) is 0 Å². The average Bonchev–Trinajstić information content (AvgIpc) is 2.80. The van der Waals surface area contributed by atoms with E-state index in [1.54, 1.807) is 36.4 Å². The fourth-order valence-electron chi connectivity index (χ4n) is 3.21. The maximum atomic E-state index is 12.9. The zero-order valence-electron chi connectivity index (χ0n) is 19.5. The van der Waals surface area contributed by atoms with E-state index in [1.807, 2.05) is 12.1 Å². The first-order valence-electron chi connectivity index (χ1n) is 10.5. The summed E-state index contributed by atoms with van der Waals surface area (Å²) >= 11 is 0. The minimum absolute atomic E-state index is 0. The second-order valence-corrected chi connectivity index (χ2v) is 8.70. The smallest absolute Gasteiger partial charge is 0.335 e. The van der Waals surface area contributed by atoms with Crippen molar-refractivity contribution >= 4 is 47.8 Å². The van der Waals surface area contributed by atoms with Crippen LogP contribution in [0.4, 0.5) is 11.4 Å². The molecule has 35 heavy (non-hydrogen) atoms. The van der Waals surface area contributed by atoms with Crippen LogP contribution in [-0.4, -0.2) is 29.1 Å². The highest BCUT2D eigenvalue weighted by Gasteiger charge is 2.17. The Kier molecular flexibility index (Phi) is 8.75. The number of carbonyl (C=O) groups is 3. The molecule has 8 nitrogen and oxygen atoms in total. The van der Waals surface area contributed by atoms with Crippen LogP contribution in [0, 0.1) is 0 Å². The number of carboxylic acids is 1. The van der Waals surface area contributed by atoms with Crippen molar-refractivity contribution in [1.82, 2.24) is 0 Å². The largest absolute Gasteiger partial charge is 0.478 e. The molecule has 0 aliphatic rings. The first-order chi connectivity index (χ1) is 16.1. The Balaban J connectivity index is 0.00000432. The molecule has 0 aliphatic heterocycles. The van der Waals surface area contributed by atoms with Gasteiger partial charge in [-0.25, -0.2) is 4.79 Å². The first-order valence-corrected chi connectivity index (χ1v) is 10.5. The van der Waals surface area contributed by atoms with Crippen molar-refractivity contribution in [2.75, 3.05) is 10.6 Å². The Labute approximate surface area is 209 Å². The summed E-state index contributed by atoms with van der Waals surface area (Å²) in [6.07, 6.45) is 1.45. The molecule has 0 saturated carbocycles. The molecule has 0 unspecified atom stereocenters. The second-order valence-electron chi connectivity index (χ2n) is 8.70. The van der Waals surface area contributed by atoms with Crippen LogP contribution in [0.1, 0.15) is 63.0 Å². The van der Waals surface area contributed by atoms with Crippen molar-refractivity contribution in [2.24, 2.45) is 10.9 Å². The molecular weight excluding hydrogens is 468 g/mol. The predicted octanol–water partition coefficient (Wildman–Crippen LogP) is 4.90. The number of carboxylic acid groups (broad SMARTS) is 1. The lowest BCUT2D eigenvalue weighted by Gasteiger charge is -2.19. The Bertz CT molecular complexity index is 1250. The summed E-state index contributed by atoms with van der Waals surface area (Å²) in [6, 6.07) is 17.9. The number of carbonyl (C=O) groups excluding carboxylic acids is 2. The van der Waals surface area contributed by atoms with Gasteiger partial charge >= 0.3 is 5.97 Å². The zero-order valence-corrected chi connectivity index (χ0v) is 20.3. The molecule has 0 atom stereocenters. The third-order valence-corrected chi connectivity index (χ3v) is 5.17. The maximum Gasteiger partial charge on any atom is 0.335 e. The minimum Gasteiger partial charge on any atom is -0.478 e. The number of amides is 2. The summed E-state index contributed by atoms with van der Waals surface area (Å²) in [5, 5.41) is 18.2. The van der Waals surface area contributed by atoms with Crippen LogP contribution in [0.5, 0.6) is 0 Å². The molecule has 3 aromatic rings. The van der Waals surface area contributed by atoms with Gasteiger partial charge in [0.05, 0.1) is 23.2 Å². The third kappa shape index (κ3) is 6.91. The molecule has 0 bridgehead atoms. The molecule has 5 N–H and O–H groups in total. The van der Waals surface area contributed by atoms with Crippen LogP contribution in [0.15, 0.2) is 71.8 Å². The average molecular weight is 495 g/mol.